The van der Waals surface area contributed by atoms with Crippen LogP contribution in [0.1, 0.15) is 36.5 Å². The van der Waals surface area contributed by atoms with Crippen LogP contribution in [0.4, 0.5) is 0 Å². The van der Waals surface area contributed by atoms with Crippen LogP contribution in [0, 0.1) is 0 Å². The molecule has 0 aromatic heterocycles. The minimum absolute atomic E-state index is 0.333. The van der Waals surface area contributed by atoms with Crippen LogP contribution in [0.25, 0.3) is 0 Å². The minimum atomic E-state index is 0.333. The molecule has 1 nitrogen and oxygen atoms in total. The molecule has 0 saturated heterocycles. The lowest BCUT2D eigenvalue weighted by atomic mass is 9.99. The van der Waals surface area contributed by atoms with Gasteiger partial charge in [-0.2, -0.15) is 0 Å². The molecule has 18 heavy (non-hydrogen) atoms. The maximum atomic E-state index is 9.22. The van der Waals surface area contributed by atoms with Crippen LogP contribution in [0.5, 0.6) is 5.75 Å². The van der Waals surface area contributed by atoms with Crippen molar-refractivity contribution < 1.29 is 5.11 Å². The molecule has 0 amide bonds. The SMILES string of the molecule is CC(C)c1ccc(CCc2ccc(O)cc2)cc1. The van der Waals surface area contributed by atoms with Crippen molar-refractivity contribution in [2.45, 2.75) is 32.6 Å². The number of aromatic hydroxyl groups is 1. The fourth-order valence-corrected chi connectivity index (χ4v) is 2.02. The van der Waals surface area contributed by atoms with Crippen molar-refractivity contribution in [3.8, 4) is 5.75 Å². The predicted octanol–water partition coefficient (Wildman–Crippen LogP) is 4.30. The Bertz CT molecular complexity index is 480. The molecule has 0 heterocycles. The predicted molar refractivity (Wildman–Crippen MR) is 76.0 cm³/mol. The third-order valence-electron chi connectivity index (χ3n) is 3.29. The van der Waals surface area contributed by atoms with Crippen LogP contribution in [0.2, 0.25) is 0 Å². The number of aryl methyl sites for hydroxylation is 2. The summed E-state index contributed by atoms with van der Waals surface area (Å²) in [6.07, 6.45) is 2.06. The number of phenols is 1. The fourth-order valence-electron chi connectivity index (χ4n) is 2.02. The lowest BCUT2D eigenvalue weighted by molar-refractivity contribution is 0.475. The van der Waals surface area contributed by atoms with E-state index in [4.69, 9.17) is 0 Å². The molecule has 0 aliphatic rings. The second-order valence-electron chi connectivity index (χ2n) is 5.06. The largest absolute Gasteiger partial charge is 0.508 e. The van der Waals surface area contributed by atoms with E-state index in [1.165, 1.54) is 16.7 Å². The molecule has 0 unspecified atom stereocenters. The Kier molecular flexibility index (Phi) is 4.03. The lowest BCUT2D eigenvalue weighted by Crippen LogP contribution is -1.92. The van der Waals surface area contributed by atoms with E-state index < -0.39 is 0 Å². The third kappa shape index (κ3) is 3.36. The first-order valence-electron chi connectivity index (χ1n) is 6.52. The van der Waals surface area contributed by atoms with Gasteiger partial charge in [0, 0.05) is 0 Å². The smallest absolute Gasteiger partial charge is 0.115 e. The van der Waals surface area contributed by atoms with Crippen molar-refractivity contribution in [2.75, 3.05) is 0 Å². The Labute approximate surface area is 109 Å². The van der Waals surface area contributed by atoms with Crippen molar-refractivity contribution in [3.63, 3.8) is 0 Å². The highest BCUT2D eigenvalue weighted by Gasteiger charge is 2.00. The zero-order valence-electron chi connectivity index (χ0n) is 11.1. The van der Waals surface area contributed by atoms with Gasteiger partial charge in [-0.05, 0) is 47.6 Å². The van der Waals surface area contributed by atoms with Gasteiger partial charge in [0.2, 0.25) is 0 Å². The van der Waals surface area contributed by atoms with Crippen molar-refractivity contribution in [1.82, 2.24) is 0 Å². The average molecular weight is 240 g/mol. The Balaban J connectivity index is 1.95. The first-order chi connectivity index (χ1) is 8.65. The molecular weight excluding hydrogens is 220 g/mol. The normalized spacial score (nSPS) is 10.8. The third-order valence-corrected chi connectivity index (χ3v) is 3.29. The van der Waals surface area contributed by atoms with Crippen molar-refractivity contribution in [1.29, 1.82) is 0 Å². The summed E-state index contributed by atoms with van der Waals surface area (Å²) in [5.41, 5.74) is 4.02. The summed E-state index contributed by atoms with van der Waals surface area (Å²) in [7, 11) is 0. The van der Waals surface area contributed by atoms with Gasteiger partial charge < -0.3 is 5.11 Å². The Morgan fingerprint density at radius 3 is 1.67 bits per heavy atom. The number of benzene rings is 2. The highest BCUT2D eigenvalue weighted by molar-refractivity contribution is 5.28. The zero-order chi connectivity index (χ0) is 13.0. The van der Waals surface area contributed by atoms with Gasteiger partial charge >= 0.3 is 0 Å². The van der Waals surface area contributed by atoms with Gasteiger partial charge in [-0.3, -0.25) is 0 Å². The van der Waals surface area contributed by atoms with Crippen molar-refractivity contribution >= 4 is 0 Å². The molecule has 0 spiro atoms. The van der Waals surface area contributed by atoms with Crippen LogP contribution in [-0.2, 0) is 12.8 Å². The fraction of sp³-hybridized carbons (Fsp3) is 0.294. The summed E-state index contributed by atoms with van der Waals surface area (Å²) in [5.74, 6) is 0.927. The van der Waals surface area contributed by atoms with E-state index in [0.717, 1.165) is 12.8 Å². The summed E-state index contributed by atoms with van der Waals surface area (Å²) < 4.78 is 0. The van der Waals surface area contributed by atoms with E-state index in [1.807, 2.05) is 12.1 Å². The molecule has 0 aliphatic heterocycles. The molecule has 0 fully saturated rings. The molecule has 0 bridgehead atoms. The van der Waals surface area contributed by atoms with E-state index in [9.17, 15) is 5.11 Å². The number of phenolic OH excluding ortho intramolecular Hbond substituents is 1. The molecule has 0 saturated carbocycles. The lowest BCUT2D eigenvalue weighted by Gasteiger charge is -2.07. The van der Waals surface area contributed by atoms with Crippen molar-refractivity contribution in [2.24, 2.45) is 0 Å². The van der Waals surface area contributed by atoms with E-state index in [-0.39, 0.29) is 0 Å². The summed E-state index contributed by atoms with van der Waals surface area (Å²) in [6.45, 7) is 4.43. The van der Waals surface area contributed by atoms with Crippen LogP contribution in [-0.4, -0.2) is 5.11 Å². The molecule has 2 aromatic rings. The molecule has 2 aromatic carbocycles. The average Bonchev–Trinajstić information content (AvgIpc) is 2.38. The van der Waals surface area contributed by atoms with Gasteiger partial charge in [-0.15, -0.1) is 0 Å². The van der Waals surface area contributed by atoms with Crippen molar-refractivity contribution in [3.05, 3.63) is 65.2 Å². The molecule has 94 valence electrons. The quantitative estimate of drug-likeness (QED) is 0.844. The van der Waals surface area contributed by atoms with Gasteiger partial charge in [0.05, 0.1) is 0 Å². The molecular formula is C17H20O. The maximum Gasteiger partial charge on any atom is 0.115 e. The maximum absolute atomic E-state index is 9.22. The van der Waals surface area contributed by atoms with Crippen LogP contribution >= 0.6 is 0 Å². The molecule has 0 atom stereocenters. The van der Waals surface area contributed by atoms with Gasteiger partial charge in [-0.25, -0.2) is 0 Å². The van der Waals surface area contributed by atoms with E-state index >= 15 is 0 Å². The highest BCUT2D eigenvalue weighted by atomic mass is 16.3. The number of hydrogen-bond donors (Lipinski definition) is 1. The summed E-state index contributed by atoms with van der Waals surface area (Å²) >= 11 is 0. The molecule has 1 heteroatoms. The summed E-state index contributed by atoms with van der Waals surface area (Å²) in [4.78, 5) is 0. The first-order valence-corrected chi connectivity index (χ1v) is 6.52. The number of hydrogen-bond acceptors (Lipinski definition) is 1. The highest BCUT2D eigenvalue weighted by Crippen LogP contribution is 2.16. The molecule has 0 aliphatic carbocycles. The second kappa shape index (κ2) is 5.72. The topological polar surface area (TPSA) is 20.2 Å². The van der Waals surface area contributed by atoms with Gasteiger partial charge in [0.1, 0.15) is 5.75 Å². The molecule has 1 N–H and O–H groups in total. The molecule has 2 rings (SSSR count). The van der Waals surface area contributed by atoms with Crippen LogP contribution < -0.4 is 0 Å². The van der Waals surface area contributed by atoms with E-state index in [0.29, 0.717) is 11.7 Å². The van der Waals surface area contributed by atoms with Gasteiger partial charge in [0.25, 0.3) is 0 Å². The Morgan fingerprint density at radius 1 is 0.778 bits per heavy atom. The Hall–Kier alpha value is -1.76. The second-order valence-corrected chi connectivity index (χ2v) is 5.06. The summed E-state index contributed by atoms with van der Waals surface area (Å²) in [6, 6.07) is 16.3. The monoisotopic (exact) mass is 240 g/mol. The van der Waals surface area contributed by atoms with Crippen LogP contribution in [0.3, 0.4) is 0 Å². The standard InChI is InChI=1S/C17H20O/c1-13(2)16-9-5-14(6-10-16)3-4-15-7-11-17(18)12-8-15/h5-13,18H,3-4H2,1-2H3. The molecule has 0 radical (unpaired) electrons. The van der Waals surface area contributed by atoms with Crippen LogP contribution in [0.15, 0.2) is 48.5 Å². The minimum Gasteiger partial charge on any atom is -0.508 e. The Morgan fingerprint density at radius 2 is 1.22 bits per heavy atom. The first kappa shape index (κ1) is 12.7. The van der Waals surface area contributed by atoms with Gasteiger partial charge in [-0.1, -0.05) is 50.2 Å². The van der Waals surface area contributed by atoms with Gasteiger partial charge in [0.15, 0.2) is 0 Å². The number of rotatable bonds is 4. The zero-order valence-corrected chi connectivity index (χ0v) is 11.1. The van der Waals surface area contributed by atoms with E-state index in [1.54, 1.807) is 12.1 Å². The summed E-state index contributed by atoms with van der Waals surface area (Å²) in [5, 5.41) is 9.22. The van der Waals surface area contributed by atoms with E-state index in [2.05, 4.69) is 38.1 Å².